The summed E-state index contributed by atoms with van der Waals surface area (Å²) < 4.78 is 0. The van der Waals surface area contributed by atoms with E-state index in [0.29, 0.717) is 6.54 Å². The zero-order valence-electron chi connectivity index (χ0n) is 13.8. The van der Waals surface area contributed by atoms with Gasteiger partial charge in [0, 0.05) is 44.1 Å². The zero-order chi connectivity index (χ0) is 16.8. The molecule has 0 bridgehead atoms. The van der Waals surface area contributed by atoms with E-state index in [2.05, 4.69) is 21.2 Å². The Hall–Kier alpha value is -2.37. The molecule has 5 heteroatoms. The highest BCUT2D eigenvalue weighted by molar-refractivity contribution is 5.92. The molecule has 126 valence electrons. The van der Waals surface area contributed by atoms with Gasteiger partial charge in [0.15, 0.2) is 0 Å². The van der Waals surface area contributed by atoms with Gasteiger partial charge in [-0.15, -0.1) is 0 Å². The zero-order valence-corrected chi connectivity index (χ0v) is 13.8. The number of nitrogens with two attached hydrogens (primary N) is 1. The summed E-state index contributed by atoms with van der Waals surface area (Å²) in [6.07, 6.45) is 0. The van der Waals surface area contributed by atoms with Crippen molar-refractivity contribution in [2.75, 3.05) is 43.8 Å². The molecule has 1 saturated heterocycles. The van der Waals surface area contributed by atoms with Gasteiger partial charge in [-0.2, -0.15) is 0 Å². The summed E-state index contributed by atoms with van der Waals surface area (Å²) in [6.45, 7) is 5.10. The normalized spacial score (nSPS) is 16.0. The number of hydrogen-bond acceptors (Lipinski definition) is 4. The minimum absolute atomic E-state index is 0.0467. The van der Waals surface area contributed by atoms with Gasteiger partial charge in [0.25, 0.3) is 0 Å². The first-order valence-corrected chi connectivity index (χ1v) is 8.33. The van der Waals surface area contributed by atoms with Crippen molar-refractivity contribution in [3.8, 4) is 0 Å². The largest absolute Gasteiger partial charge is 0.399 e. The lowest BCUT2D eigenvalue weighted by atomic mass is 10.2. The molecule has 24 heavy (non-hydrogen) atoms. The van der Waals surface area contributed by atoms with Gasteiger partial charge in [-0.1, -0.05) is 30.3 Å². The van der Waals surface area contributed by atoms with Gasteiger partial charge < -0.3 is 11.1 Å². The van der Waals surface area contributed by atoms with E-state index in [1.165, 1.54) is 5.56 Å². The first kappa shape index (κ1) is 16.5. The Bertz CT molecular complexity index is 666. The van der Waals surface area contributed by atoms with Crippen LogP contribution in [0.25, 0.3) is 0 Å². The monoisotopic (exact) mass is 324 g/mol. The van der Waals surface area contributed by atoms with Crippen LogP contribution in [0.2, 0.25) is 0 Å². The molecule has 5 nitrogen and oxygen atoms in total. The molecule has 2 aromatic rings. The third-order valence-corrected chi connectivity index (χ3v) is 4.25. The number of hydrogen-bond donors (Lipinski definition) is 2. The summed E-state index contributed by atoms with van der Waals surface area (Å²) in [5.74, 6) is 0.0467. The fraction of sp³-hybridized carbons (Fsp3) is 0.316. The van der Waals surface area contributed by atoms with E-state index in [-0.39, 0.29) is 5.91 Å². The number of anilines is 2. The number of piperazine rings is 1. The summed E-state index contributed by atoms with van der Waals surface area (Å²) in [7, 11) is 0. The van der Waals surface area contributed by atoms with Crippen LogP contribution in [-0.2, 0) is 11.3 Å². The number of nitrogens with one attached hydrogen (secondary N) is 1. The van der Waals surface area contributed by atoms with Crippen LogP contribution in [0.3, 0.4) is 0 Å². The van der Waals surface area contributed by atoms with Crippen molar-refractivity contribution in [1.82, 2.24) is 9.80 Å². The summed E-state index contributed by atoms with van der Waals surface area (Å²) in [5, 5.41) is 2.94. The van der Waals surface area contributed by atoms with E-state index in [1.807, 2.05) is 48.5 Å². The molecule has 0 aliphatic carbocycles. The van der Waals surface area contributed by atoms with Crippen molar-refractivity contribution >= 4 is 17.3 Å². The van der Waals surface area contributed by atoms with E-state index < -0.39 is 0 Å². The second-order valence-electron chi connectivity index (χ2n) is 6.21. The maximum atomic E-state index is 12.1. The summed E-state index contributed by atoms with van der Waals surface area (Å²) >= 11 is 0. The Balaban J connectivity index is 1.42. The van der Waals surface area contributed by atoms with Gasteiger partial charge in [-0.3, -0.25) is 14.6 Å². The lowest BCUT2D eigenvalue weighted by Crippen LogP contribution is -2.48. The van der Waals surface area contributed by atoms with Crippen LogP contribution in [0.1, 0.15) is 5.56 Å². The smallest absolute Gasteiger partial charge is 0.238 e. The third-order valence-electron chi connectivity index (χ3n) is 4.25. The molecule has 0 radical (unpaired) electrons. The summed E-state index contributed by atoms with van der Waals surface area (Å²) in [5.41, 5.74) is 8.73. The molecule has 1 aliphatic rings. The minimum Gasteiger partial charge on any atom is -0.399 e. The van der Waals surface area contributed by atoms with Crippen LogP contribution in [0.5, 0.6) is 0 Å². The number of benzene rings is 2. The summed E-state index contributed by atoms with van der Waals surface area (Å²) in [6, 6.07) is 17.6. The minimum atomic E-state index is 0.0467. The van der Waals surface area contributed by atoms with Crippen molar-refractivity contribution in [2.45, 2.75) is 6.54 Å². The molecular weight excluding hydrogens is 300 g/mol. The number of nitrogen functional groups attached to an aromatic ring is 1. The molecule has 1 aliphatic heterocycles. The molecule has 0 spiro atoms. The van der Waals surface area contributed by atoms with E-state index in [1.54, 1.807) is 0 Å². The SMILES string of the molecule is Nc1cccc(CN2CCN(CC(=O)Nc3ccccc3)CC2)c1. The highest BCUT2D eigenvalue weighted by Gasteiger charge is 2.19. The average Bonchev–Trinajstić information content (AvgIpc) is 2.57. The van der Waals surface area contributed by atoms with Crippen LogP contribution in [0, 0.1) is 0 Å². The molecule has 0 unspecified atom stereocenters. The van der Waals surface area contributed by atoms with Gasteiger partial charge in [0.05, 0.1) is 6.54 Å². The molecule has 1 amide bonds. The second-order valence-corrected chi connectivity index (χ2v) is 6.21. The van der Waals surface area contributed by atoms with Crippen LogP contribution in [-0.4, -0.2) is 48.4 Å². The fourth-order valence-electron chi connectivity index (χ4n) is 2.98. The average molecular weight is 324 g/mol. The Morgan fingerprint density at radius 1 is 0.958 bits per heavy atom. The molecule has 1 fully saturated rings. The first-order valence-electron chi connectivity index (χ1n) is 8.33. The Morgan fingerprint density at radius 3 is 2.38 bits per heavy atom. The van der Waals surface area contributed by atoms with E-state index in [0.717, 1.165) is 44.1 Å². The lowest BCUT2D eigenvalue weighted by molar-refractivity contribution is -0.117. The Kier molecular flexibility index (Phi) is 5.46. The Morgan fingerprint density at radius 2 is 1.67 bits per heavy atom. The number of carbonyl (C=O) groups is 1. The topological polar surface area (TPSA) is 61.6 Å². The Labute approximate surface area is 143 Å². The number of para-hydroxylation sites is 1. The fourth-order valence-corrected chi connectivity index (χ4v) is 2.98. The molecule has 3 rings (SSSR count). The molecule has 3 N–H and O–H groups in total. The van der Waals surface area contributed by atoms with Crippen LogP contribution < -0.4 is 11.1 Å². The maximum absolute atomic E-state index is 12.1. The first-order chi connectivity index (χ1) is 11.7. The molecule has 2 aromatic carbocycles. The van der Waals surface area contributed by atoms with Crippen LogP contribution in [0.15, 0.2) is 54.6 Å². The van der Waals surface area contributed by atoms with Gasteiger partial charge in [-0.05, 0) is 29.8 Å². The van der Waals surface area contributed by atoms with Crippen molar-refractivity contribution in [1.29, 1.82) is 0 Å². The van der Waals surface area contributed by atoms with Crippen molar-refractivity contribution in [2.24, 2.45) is 0 Å². The van der Waals surface area contributed by atoms with Gasteiger partial charge in [0.2, 0.25) is 5.91 Å². The number of nitrogens with zero attached hydrogens (tertiary/aromatic N) is 2. The van der Waals surface area contributed by atoms with Crippen LogP contribution in [0.4, 0.5) is 11.4 Å². The second kappa shape index (κ2) is 7.95. The number of amides is 1. The predicted octanol–water partition coefficient (Wildman–Crippen LogP) is 2.03. The standard InChI is InChI=1S/C19H24N4O/c20-17-6-4-5-16(13-17)14-22-9-11-23(12-10-22)15-19(24)21-18-7-2-1-3-8-18/h1-8,13H,9-12,14-15,20H2,(H,21,24). The third kappa shape index (κ3) is 4.81. The van der Waals surface area contributed by atoms with E-state index in [9.17, 15) is 4.79 Å². The summed E-state index contributed by atoms with van der Waals surface area (Å²) in [4.78, 5) is 16.7. The van der Waals surface area contributed by atoms with Gasteiger partial charge in [-0.25, -0.2) is 0 Å². The predicted molar refractivity (Wildman–Crippen MR) is 97.6 cm³/mol. The van der Waals surface area contributed by atoms with Crippen molar-refractivity contribution in [3.05, 3.63) is 60.2 Å². The highest BCUT2D eigenvalue weighted by Crippen LogP contribution is 2.12. The molecule has 0 aromatic heterocycles. The molecule has 0 saturated carbocycles. The van der Waals surface area contributed by atoms with E-state index >= 15 is 0 Å². The molecular formula is C19H24N4O. The van der Waals surface area contributed by atoms with Gasteiger partial charge >= 0.3 is 0 Å². The van der Waals surface area contributed by atoms with Gasteiger partial charge in [0.1, 0.15) is 0 Å². The maximum Gasteiger partial charge on any atom is 0.238 e. The van der Waals surface area contributed by atoms with Crippen molar-refractivity contribution < 1.29 is 4.79 Å². The highest BCUT2D eigenvalue weighted by atomic mass is 16.2. The van der Waals surface area contributed by atoms with Crippen LogP contribution >= 0.6 is 0 Å². The molecule has 0 atom stereocenters. The quantitative estimate of drug-likeness (QED) is 0.826. The lowest BCUT2D eigenvalue weighted by Gasteiger charge is -2.34. The van der Waals surface area contributed by atoms with Crippen molar-refractivity contribution in [3.63, 3.8) is 0 Å². The van der Waals surface area contributed by atoms with E-state index in [4.69, 9.17) is 5.73 Å². The molecule has 1 heterocycles. The number of rotatable bonds is 5. The number of carbonyl (C=O) groups excluding carboxylic acids is 1.